The fourth-order valence-corrected chi connectivity index (χ4v) is 2.22. The Bertz CT molecular complexity index is 303. The van der Waals surface area contributed by atoms with Gasteiger partial charge in [0.15, 0.2) is 5.78 Å². The molecule has 0 fully saturated rings. The molecule has 2 nitrogen and oxygen atoms in total. The van der Waals surface area contributed by atoms with E-state index < -0.39 is 0 Å². The molecule has 1 aromatic heterocycles. The van der Waals surface area contributed by atoms with E-state index in [1.54, 1.807) is 0 Å². The second kappa shape index (κ2) is 5.42. The molecule has 0 radical (unpaired) electrons. The van der Waals surface area contributed by atoms with Crippen LogP contribution in [0.15, 0.2) is 17.5 Å². The summed E-state index contributed by atoms with van der Waals surface area (Å²) in [5, 5.41) is 1.94. The zero-order valence-electron chi connectivity index (χ0n) is 9.45. The van der Waals surface area contributed by atoms with Crippen molar-refractivity contribution in [2.45, 2.75) is 33.1 Å². The summed E-state index contributed by atoms with van der Waals surface area (Å²) in [4.78, 5) is 12.6. The zero-order chi connectivity index (χ0) is 11.3. The molecule has 0 amide bonds. The van der Waals surface area contributed by atoms with E-state index in [0.717, 1.165) is 17.7 Å². The van der Waals surface area contributed by atoms with Crippen LogP contribution in [0, 0.1) is 5.41 Å². The average Bonchev–Trinajstić information content (AvgIpc) is 2.67. The molecular weight excluding hydrogens is 206 g/mol. The minimum Gasteiger partial charge on any atom is -0.330 e. The van der Waals surface area contributed by atoms with Gasteiger partial charge < -0.3 is 5.73 Å². The maximum absolute atomic E-state index is 11.7. The predicted molar refractivity (Wildman–Crippen MR) is 65.3 cm³/mol. The van der Waals surface area contributed by atoms with Gasteiger partial charge in [-0.1, -0.05) is 19.9 Å². The van der Waals surface area contributed by atoms with Gasteiger partial charge in [0, 0.05) is 6.42 Å². The summed E-state index contributed by atoms with van der Waals surface area (Å²) in [5.74, 6) is 0.259. The van der Waals surface area contributed by atoms with Crippen LogP contribution in [-0.2, 0) is 0 Å². The van der Waals surface area contributed by atoms with Crippen LogP contribution in [0.5, 0.6) is 0 Å². The molecule has 0 bridgehead atoms. The van der Waals surface area contributed by atoms with Crippen LogP contribution in [0.4, 0.5) is 0 Å². The predicted octanol–water partition coefficient (Wildman–Crippen LogP) is 3.09. The summed E-state index contributed by atoms with van der Waals surface area (Å²) in [5.41, 5.74) is 5.71. The first kappa shape index (κ1) is 12.4. The van der Waals surface area contributed by atoms with E-state index in [4.69, 9.17) is 5.73 Å². The van der Waals surface area contributed by atoms with E-state index in [9.17, 15) is 4.79 Å². The molecule has 15 heavy (non-hydrogen) atoms. The number of carbonyl (C=O) groups excluding carboxylic acids is 1. The van der Waals surface area contributed by atoms with Gasteiger partial charge in [0.2, 0.25) is 0 Å². The molecule has 1 rings (SSSR count). The molecule has 0 aliphatic rings. The Morgan fingerprint density at radius 1 is 1.47 bits per heavy atom. The third-order valence-electron chi connectivity index (χ3n) is 2.65. The van der Waals surface area contributed by atoms with Crippen LogP contribution in [0.2, 0.25) is 0 Å². The molecule has 1 heterocycles. The van der Waals surface area contributed by atoms with E-state index in [-0.39, 0.29) is 11.2 Å². The quantitative estimate of drug-likeness (QED) is 0.756. The summed E-state index contributed by atoms with van der Waals surface area (Å²) in [6.45, 7) is 5.03. The monoisotopic (exact) mass is 225 g/mol. The van der Waals surface area contributed by atoms with Gasteiger partial charge in [0.25, 0.3) is 0 Å². The van der Waals surface area contributed by atoms with E-state index >= 15 is 0 Å². The Hall–Kier alpha value is -0.670. The Balaban J connectivity index is 2.40. The highest BCUT2D eigenvalue weighted by atomic mass is 32.1. The first-order valence-electron chi connectivity index (χ1n) is 5.32. The summed E-state index contributed by atoms with van der Waals surface area (Å²) in [6.07, 6.45) is 2.53. The van der Waals surface area contributed by atoms with Crippen molar-refractivity contribution in [3.05, 3.63) is 22.4 Å². The van der Waals surface area contributed by atoms with Crippen molar-refractivity contribution >= 4 is 17.1 Å². The van der Waals surface area contributed by atoms with E-state index in [0.29, 0.717) is 13.0 Å². The fourth-order valence-electron chi connectivity index (χ4n) is 1.53. The Morgan fingerprint density at radius 2 is 2.20 bits per heavy atom. The van der Waals surface area contributed by atoms with Crippen molar-refractivity contribution in [2.75, 3.05) is 6.54 Å². The highest BCUT2D eigenvalue weighted by Crippen LogP contribution is 2.27. The van der Waals surface area contributed by atoms with Crippen LogP contribution in [-0.4, -0.2) is 12.3 Å². The van der Waals surface area contributed by atoms with Gasteiger partial charge in [-0.05, 0) is 36.2 Å². The first-order chi connectivity index (χ1) is 7.05. The minimum atomic E-state index is 0.182. The summed E-state index contributed by atoms with van der Waals surface area (Å²) in [6, 6.07) is 3.81. The van der Waals surface area contributed by atoms with Crippen molar-refractivity contribution in [3.63, 3.8) is 0 Å². The molecule has 84 valence electrons. The van der Waals surface area contributed by atoms with Crippen molar-refractivity contribution in [1.29, 1.82) is 0 Å². The standard InChI is InChI=1S/C12H19NOS/c1-12(2,7-8-13)6-5-10(14)11-4-3-9-15-11/h3-4,9H,5-8,13H2,1-2H3. The third-order valence-corrected chi connectivity index (χ3v) is 3.56. The lowest BCUT2D eigenvalue weighted by atomic mass is 9.83. The number of hydrogen-bond donors (Lipinski definition) is 1. The second-order valence-corrected chi connectivity index (χ2v) is 5.55. The number of rotatable bonds is 6. The molecule has 2 N–H and O–H groups in total. The molecule has 0 aliphatic carbocycles. The molecule has 0 atom stereocenters. The van der Waals surface area contributed by atoms with Gasteiger partial charge in [0.05, 0.1) is 4.88 Å². The molecular formula is C12H19NOS. The van der Waals surface area contributed by atoms with E-state index in [1.165, 1.54) is 11.3 Å². The van der Waals surface area contributed by atoms with Crippen LogP contribution in [0.25, 0.3) is 0 Å². The van der Waals surface area contributed by atoms with Gasteiger partial charge in [-0.25, -0.2) is 0 Å². The highest BCUT2D eigenvalue weighted by Gasteiger charge is 2.18. The van der Waals surface area contributed by atoms with Gasteiger partial charge in [-0.2, -0.15) is 0 Å². The lowest BCUT2D eigenvalue weighted by Crippen LogP contribution is -2.18. The van der Waals surface area contributed by atoms with Crippen LogP contribution < -0.4 is 5.73 Å². The maximum Gasteiger partial charge on any atom is 0.172 e. The number of thiophene rings is 1. The van der Waals surface area contributed by atoms with Gasteiger partial charge in [0.1, 0.15) is 0 Å². The molecule has 0 spiro atoms. The summed E-state index contributed by atoms with van der Waals surface area (Å²) >= 11 is 1.52. The van der Waals surface area contributed by atoms with Crippen LogP contribution >= 0.6 is 11.3 Å². The van der Waals surface area contributed by atoms with Crippen molar-refractivity contribution < 1.29 is 4.79 Å². The van der Waals surface area contributed by atoms with Crippen molar-refractivity contribution in [1.82, 2.24) is 0 Å². The summed E-state index contributed by atoms with van der Waals surface area (Å²) < 4.78 is 0. The third kappa shape index (κ3) is 4.14. The minimum absolute atomic E-state index is 0.182. The number of hydrogen-bond acceptors (Lipinski definition) is 3. The lowest BCUT2D eigenvalue weighted by Gasteiger charge is -2.22. The first-order valence-corrected chi connectivity index (χ1v) is 6.20. The molecule has 0 saturated heterocycles. The molecule has 0 aromatic carbocycles. The van der Waals surface area contributed by atoms with Gasteiger partial charge in [-0.15, -0.1) is 11.3 Å². The molecule has 0 saturated carbocycles. The number of nitrogens with two attached hydrogens (primary N) is 1. The molecule has 3 heteroatoms. The number of Topliss-reactive ketones (excluding diaryl/α,β-unsaturated/α-hetero) is 1. The normalized spacial score (nSPS) is 11.7. The van der Waals surface area contributed by atoms with E-state index in [2.05, 4.69) is 13.8 Å². The average molecular weight is 225 g/mol. The molecule has 1 aromatic rings. The van der Waals surface area contributed by atoms with Gasteiger partial charge >= 0.3 is 0 Å². The smallest absolute Gasteiger partial charge is 0.172 e. The van der Waals surface area contributed by atoms with Crippen LogP contribution in [0.3, 0.4) is 0 Å². The fraction of sp³-hybridized carbons (Fsp3) is 0.583. The Morgan fingerprint density at radius 3 is 2.73 bits per heavy atom. The maximum atomic E-state index is 11.7. The van der Waals surface area contributed by atoms with Crippen molar-refractivity contribution in [3.8, 4) is 0 Å². The molecule has 0 aliphatic heterocycles. The molecule has 0 unspecified atom stereocenters. The topological polar surface area (TPSA) is 43.1 Å². The summed E-state index contributed by atoms with van der Waals surface area (Å²) in [7, 11) is 0. The highest BCUT2D eigenvalue weighted by molar-refractivity contribution is 7.12. The SMILES string of the molecule is CC(C)(CCN)CCC(=O)c1cccs1. The van der Waals surface area contributed by atoms with Crippen LogP contribution in [0.1, 0.15) is 42.8 Å². The number of carbonyl (C=O) groups is 1. The van der Waals surface area contributed by atoms with Crippen molar-refractivity contribution in [2.24, 2.45) is 11.1 Å². The largest absolute Gasteiger partial charge is 0.330 e. The number of ketones is 1. The zero-order valence-corrected chi connectivity index (χ0v) is 10.3. The Labute approximate surface area is 95.5 Å². The Kier molecular flexibility index (Phi) is 4.48. The van der Waals surface area contributed by atoms with E-state index in [1.807, 2.05) is 17.5 Å². The second-order valence-electron chi connectivity index (χ2n) is 4.60. The lowest BCUT2D eigenvalue weighted by molar-refractivity contribution is 0.0965. The van der Waals surface area contributed by atoms with Gasteiger partial charge in [-0.3, -0.25) is 4.79 Å².